The van der Waals surface area contributed by atoms with Crippen molar-refractivity contribution in [1.82, 2.24) is 10.2 Å². The first kappa shape index (κ1) is 16.7. The van der Waals surface area contributed by atoms with E-state index in [2.05, 4.69) is 10.2 Å². The topological polar surface area (TPSA) is 86.5 Å². The van der Waals surface area contributed by atoms with Crippen molar-refractivity contribution in [3.05, 3.63) is 41.1 Å². The van der Waals surface area contributed by atoms with Crippen molar-refractivity contribution >= 4 is 0 Å². The van der Waals surface area contributed by atoms with Crippen LogP contribution in [0.4, 0.5) is 13.2 Å². The minimum atomic E-state index is -4.61. The molecular formula is C16H15F3N2O3. The normalized spacial score (nSPS) is 23.8. The van der Waals surface area contributed by atoms with Gasteiger partial charge in [0.15, 0.2) is 0 Å². The molecule has 0 bridgehead atoms. The van der Waals surface area contributed by atoms with Crippen LogP contribution in [0.15, 0.2) is 24.3 Å². The summed E-state index contributed by atoms with van der Waals surface area (Å²) in [4.78, 5) is 0. The van der Waals surface area contributed by atoms with Crippen LogP contribution >= 0.6 is 0 Å². The van der Waals surface area contributed by atoms with E-state index >= 15 is 0 Å². The number of phenolic OH excluding ortho intramolecular Hbond substituents is 1. The highest BCUT2D eigenvalue weighted by Crippen LogP contribution is 2.37. The number of rotatable bonds is 1. The second-order valence-corrected chi connectivity index (χ2v) is 6.01. The number of benzene rings is 1. The fraction of sp³-hybridized carbons (Fsp3) is 0.375. The molecule has 0 spiro atoms. The summed E-state index contributed by atoms with van der Waals surface area (Å²) in [6.45, 7) is 1.76. The molecule has 3 N–H and O–H groups in total. The number of hydrogen-bond donors (Lipinski definition) is 3. The average molecular weight is 340 g/mol. The smallest absolute Gasteiger partial charge is 0.416 e. The van der Waals surface area contributed by atoms with E-state index < -0.39 is 29.7 Å². The number of aliphatic hydroxyl groups excluding tert-OH is 2. The van der Waals surface area contributed by atoms with Crippen molar-refractivity contribution in [2.24, 2.45) is 5.92 Å². The van der Waals surface area contributed by atoms with Crippen LogP contribution in [0, 0.1) is 5.92 Å². The molecular weight excluding hydrogens is 325 g/mol. The number of phenols is 1. The van der Waals surface area contributed by atoms with Crippen LogP contribution in [-0.2, 0) is 12.6 Å². The summed E-state index contributed by atoms with van der Waals surface area (Å²) < 4.78 is 38.6. The highest BCUT2D eigenvalue weighted by atomic mass is 19.4. The van der Waals surface area contributed by atoms with Gasteiger partial charge in [0, 0.05) is 11.1 Å². The Hall–Kier alpha value is -2.19. The molecule has 3 unspecified atom stereocenters. The number of aromatic hydroxyl groups is 1. The van der Waals surface area contributed by atoms with Crippen molar-refractivity contribution in [3.63, 3.8) is 0 Å². The lowest BCUT2D eigenvalue weighted by atomic mass is 9.83. The molecule has 0 aliphatic heterocycles. The van der Waals surface area contributed by atoms with Gasteiger partial charge < -0.3 is 15.3 Å². The summed E-state index contributed by atoms with van der Waals surface area (Å²) >= 11 is 0. The van der Waals surface area contributed by atoms with Crippen LogP contribution in [0.2, 0.25) is 0 Å². The molecule has 8 heteroatoms. The quantitative estimate of drug-likeness (QED) is 0.742. The van der Waals surface area contributed by atoms with Crippen LogP contribution in [0.3, 0.4) is 0 Å². The molecule has 1 aliphatic rings. The molecule has 0 fully saturated rings. The standard InChI is InChI=1S/C16H15F3N2O3/c1-7-2-13-11(15(24)14(7)23)6-12(20-21-13)8-3-9(16(17,18)19)5-10(22)4-8/h3-7,14-15,22-24H,2H2,1H3. The van der Waals surface area contributed by atoms with E-state index in [1.165, 1.54) is 6.07 Å². The van der Waals surface area contributed by atoms with E-state index in [0.717, 1.165) is 12.1 Å². The van der Waals surface area contributed by atoms with Crippen LogP contribution in [-0.4, -0.2) is 31.6 Å². The zero-order valence-electron chi connectivity index (χ0n) is 12.6. The summed E-state index contributed by atoms with van der Waals surface area (Å²) in [7, 11) is 0. The first-order chi connectivity index (χ1) is 11.2. The summed E-state index contributed by atoms with van der Waals surface area (Å²) in [6.07, 6.45) is -6.36. The predicted molar refractivity (Wildman–Crippen MR) is 78.0 cm³/mol. The highest BCUT2D eigenvalue weighted by molar-refractivity contribution is 5.63. The Bertz CT molecular complexity index is 780. The number of fused-ring (bicyclic) bond motifs is 1. The number of aliphatic hydroxyl groups is 2. The Morgan fingerprint density at radius 1 is 1.08 bits per heavy atom. The molecule has 1 heterocycles. The monoisotopic (exact) mass is 340 g/mol. The first-order valence-corrected chi connectivity index (χ1v) is 7.31. The lowest BCUT2D eigenvalue weighted by Crippen LogP contribution is -2.33. The lowest BCUT2D eigenvalue weighted by molar-refractivity contribution is -0.137. The lowest BCUT2D eigenvalue weighted by Gasteiger charge is -2.30. The van der Waals surface area contributed by atoms with Crippen molar-refractivity contribution in [3.8, 4) is 17.0 Å². The first-order valence-electron chi connectivity index (χ1n) is 7.31. The minimum absolute atomic E-state index is 0.0259. The molecule has 3 atom stereocenters. The van der Waals surface area contributed by atoms with Crippen molar-refractivity contribution in [2.75, 3.05) is 0 Å². The van der Waals surface area contributed by atoms with Gasteiger partial charge in [0.25, 0.3) is 0 Å². The molecule has 5 nitrogen and oxygen atoms in total. The molecule has 1 aromatic heterocycles. The fourth-order valence-electron chi connectivity index (χ4n) is 2.83. The number of halogens is 3. The average Bonchev–Trinajstić information content (AvgIpc) is 2.51. The van der Waals surface area contributed by atoms with E-state index in [0.29, 0.717) is 23.7 Å². The van der Waals surface area contributed by atoms with Gasteiger partial charge in [-0.15, -0.1) is 0 Å². The molecule has 1 aliphatic carbocycles. The number of aromatic nitrogens is 2. The maximum atomic E-state index is 12.9. The van der Waals surface area contributed by atoms with Gasteiger partial charge in [0.1, 0.15) is 11.9 Å². The van der Waals surface area contributed by atoms with E-state index in [4.69, 9.17) is 0 Å². The van der Waals surface area contributed by atoms with Crippen LogP contribution < -0.4 is 0 Å². The SMILES string of the molecule is CC1Cc2nnc(-c3cc(O)cc(C(F)(F)F)c3)cc2C(O)C1O. The fourth-order valence-corrected chi connectivity index (χ4v) is 2.83. The molecule has 0 saturated carbocycles. The largest absolute Gasteiger partial charge is 0.508 e. The maximum absolute atomic E-state index is 12.9. The Balaban J connectivity index is 2.08. The third-order valence-corrected chi connectivity index (χ3v) is 4.19. The molecule has 24 heavy (non-hydrogen) atoms. The van der Waals surface area contributed by atoms with E-state index in [1.54, 1.807) is 6.92 Å². The summed E-state index contributed by atoms with van der Waals surface area (Å²) in [5.74, 6) is -0.751. The summed E-state index contributed by atoms with van der Waals surface area (Å²) in [5, 5.41) is 37.5. The molecule has 2 aromatic rings. The van der Waals surface area contributed by atoms with Gasteiger partial charge in [0.05, 0.1) is 23.1 Å². The minimum Gasteiger partial charge on any atom is -0.508 e. The van der Waals surface area contributed by atoms with E-state index in [1.807, 2.05) is 0 Å². The maximum Gasteiger partial charge on any atom is 0.416 e. The number of hydrogen-bond acceptors (Lipinski definition) is 5. The third kappa shape index (κ3) is 2.94. The van der Waals surface area contributed by atoms with Gasteiger partial charge in [-0.2, -0.15) is 23.4 Å². The van der Waals surface area contributed by atoms with Crippen molar-refractivity contribution in [1.29, 1.82) is 0 Å². The zero-order chi connectivity index (χ0) is 17.6. The second kappa shape index (κ2) is 5.71. The summed E-state index contributed by atoms with van der Waals surface area (Å²) in [6, 6.07) is 4.01. The van der Waals surface area contributed by atoms with Crippen LogP contribution in [0.5, 0.6) is 5.75 Å². The Morgan fingerprint density at radius 3 is 2.46 bits per heavy atom. The molecule has 1 aromatic carbocycles. The van der Waals surface area contributed by atoms with Crippen LogP contribution in [0.25, 0.3) is 11.3 Å². The van der Waals surface area contributed by atoms with Crippen molar-refractivity contribution < 1.29 is 28.5 Å². The predicted octanol–water partition coefficient (Wildman–Crippen LogP) is 2.45. The van der Waals surface area contributed by atoms with Gasteiger partial charge in [-0.05, 0) is 36.6 Å². The Labute approximate surface area is 135 Å². The zero-order valence-corrected chi connectivity index (χ0v) is 12.6. The van der Waals surface area contributed by atoms with Gasteiger partial charge in [-0.1, -0.05) is 6.92 Å². The molecule has 128 valence electrons. The highest BCUT2D eigenvalue weighted by Gasteiger charge is 2.34. The third-order valence-electron chi connectivity index (χ3n) is 4.19. The van der Waals surface area contributed by atoms with Gasteiger partial charge in [-0.25, -0.2) is 0 Å². The van der Waals surface area contributed by atoms with Crippen LogP contribution in [0.1, 0.15) is 29.8 Å². The Morgan fingerprint density at radius 2 is 1.79 bits per heavy atom. The second-order valence-electron chi connectivity index (χ2n) is 6.01. The van der Waals surface area contributed by atoms with E-state index in [9.17, 15) is 28.5 Å². The number of alkyl halides is 3. The molecule has 0 radical (unpaired) electrons. The van der Waals surface area contributed by atoms with Gasteiger partial charge in [-0.3, -0.25) is 0 Å². The molecule has 3 rings (SSSR count). The summed E-state index contributed by atoms with van der Waals surface area (Å²) in [5.41, 5.74) is -0.0668. The Kier molecular flexibility index (Phi) is 3.97. The molecule has 0 saturated heterocycles. The molecule has 0 amide bonds. The van der Waals surface area contributed by atoms with E-state index in [-0.39, 0.29) is 17.2 Å². The van der Waals surface area contributed by atoms with Crippen molar-refractivity contribution in [2.45, 2.75) is 31.7 Å². The van der Waals surface area contributed by atoms with Gasteiger partial charge >= 0.3 is 6.18 Å². The van der Waals surface area contributed by atoms with Gasteiger partial charge in [0.2, 0.25) is 0 Å². The number of nitrogens with zero attached hydrogens (tertiary/aromatic N) is 2.